The minimum atomic E-state index is -0.332. The second-order valence-electron chi connectivity index (χ2n) is 9.07. The van der Waals surface area contributed by atoms with Crippen molar-refractivity contribution < 1.29 is 9.53 Å². The molecule has 4 rings (SSSR count). The van der Waals surface area contributed by atoms with Gasteiger partial charge in [-0.15, -0.1) is 0 Å². The number of ether oxygens (including phenoxy) is 1. The van der Waals surface area contributed by atoms with E-state index in [1.807, 2.05) is 13.0 Å². The van der Waals surface area contributed by atoms with Crippen LogP contribution in [0.3, 0.4) is 0 Å². The predicted octanol–water partition coefficient (Wildman–Crippen LogP) is 3.08. The maximum absolute atomic E-state index is 13.3. The minimum Gasteiger partial charge on any atom is -0.497 e. The third kappa shape index (κ3) is 4.49. The molecule has 3 N–H and O–H groups in total. The van der Waals surface area contributed by atoms with Crippen LogP contribution in [0.1, 0.15) is 49.0 Å². The highest BCUT2D eigenvalue weighted by Crippen LogP contribution is 2.39. The molecule has 2 atom stereocenters. The van der Waals surface area contributed by atoms with E-state index in [0.29, 0.717) is 29.3 Å². The molecule has 1 aromatic heterocycles. The molecule has 1 aliphatic carbocycles. The van der Waals surface area contributed by atoms with Crippen LogP contribution in [0.2, 0.25) is 0 Å². The van der Waals surface area contributed by atoms with Gasteiger partial charge in [-0.3, -0.25) is 9.78 Å². The summed E-state index contributed by atoms with van der Waals surface area (Å²) < 4.78 is 5.40. The van der Waals surface area contributed by atoms with Gasteiger partial charge in [0, 0.05) is 42.6 Å². The first-order chi connectivity index (χ1) is 14.8. The Kier molecular flexibility index (Phi) is 5.59. The number of methoxy groups -OCH3 is 1. The first kappa shape index (κ1) is 21.1. The van der Waals surface area contributed by atoms with Gasteiger partial charge in [0.1, 0.15) is 5.75 Å². The number of rotatable bonds is 6. The van der Waals surface area contributed by atoms with E-state index < -0.39 is 0 Å². The van der Waals surface area contributed by atoms with Crippen LogP contribution >= 0.6 is 0 Å². The van der Waals surface area contributed by atoms with Gasteiger partial charge in [-0.25, -0.2) is 0 Å². The lowest BCUT2D eigenvalue weighted by Gasteiger charge is -2.27. The quantitative estimate of drug-likeness (QED) is 0.746. The molecule has 1 unspecified atom stereocenters. The smallest absolute Gasteiger partial charge is 0.255 e. The lowest BCUT2D eigenvalue weighted by Crippen LogP contribution is -2.40. The van der Waals surface area contributed by atoms with Gasteiger partial charge in [0.05, 0.1) is 30.0 Å². The van der Waals surface area contributed by atoms with Crippen LogP contribution in [0.15, 0.2) is 30.6 Å². The van der Waals surface area contributed by atoms with E-state index in [2.05, 4.69) is 28.2 Å². The number of benzene rings is 1. The molecular formula is C24H29N5O2. The van der Waals surface area contributed by atoms with Crippen molar-refractivity contribution in [3.63, 3.8) is 0 Å². The Labute approximate surface area is 183 Å². The van der Waals surface area contributed by atoms with Gasteiger partial charge < -0.3 is 20.7 Å². The van der Waals surface area contributed by atoms with E-state index in [4.69, 9.17) is 10.5 Å². The van der Waals surface area contributed by atoms with Gasteiger partial charge in [-0.2, -0.15) is 5.26 Å². The highest BCUT2D eigenvalue weighted by molar-refractivity contribution is 6.03. The first-order valence-corrected chi connectivity index (χ1v) is 10.7. The van der Waals surface area contributed by atoms with Gasteiger partial charge >= 0.3 is 0 Å². The van der Waals surface area contributed by atoms with Gasteiger partial charge in [0.25, 0.3) is 5.91 Å². The third-order valence-electron chi connectivity index (χ3n) is 6.25. The first-order valence-electron chi connectivity index (χ1n) is 10.7. The number of pyridine rings is 1. The van der Waals surface area contributed by atoms with Gasteiger partial charge in [0.15, 0.2) is 0 Å². The highest BCUT2D eigenvalue weighted by atomic mass is 16.5. The van der Waals surface area contributed by atoms with Crippen molar-refractivity contribution >= 4 is 11.6 Å². The van der Waals surface area contributed by atoms with Crippen LogP contribution < -0.4 is 20.7 Å². The maximum atomic E-state index is 13.3. The number of carbonyl (C=O) groups excluding carboxylic acids is 1. The third-order valence-corrected chi connectivity index (χ3v) is 6.25. The lowest BCUT2D eigenvalue weighted by molar-refractivity contribution is 0.0936. The zero-order valence-corrected chi connectivity index (χ0v) is 18.3. The lowest BCUT2D eigenvalue weighted by atomic mass is 9.99. The average Bonchev–Trinajstić information content (AvgIpc) is 3.55. The summed E-state index contributed by atoms with van der Waals surface area (Å²) in [5.41, 5.74) is 9.49. The average molecular weight is 420 g/mol. The van der Waals surface area contributed by atoms with E-state index in [-0.39, 0.29) is 17.5 Å². The molecule has 1 amide bonds. The Hall–Kier alpha value is -3.11. The molecule has 1 aliphatic heterocycles. The Morgan fingerprint density at radius 1 is 1.39 bits per heavy atom. The second kappa shape index (κ2) is 8.20. The topological polar surface area (TPSA) is 104 Å². The van der Waals surface area contributed by atoms with E-state index in [1.165, 1.54) is 0 Å². The van der Waals surface area contributed by atoms with Crippen molar-refractivity contribution in [2.75, 3.05) is 25.1 Å². The zero-order chi connectivity index (χ0) is 22.2. The SMILES string of the molecule is COc1cc(C#N)cc(-c2cncc(C(=O)NC(C)C3CC3)c2N2CC[C@](C)(N)C2)c1. The number of hydrogen-bond donors (Lipinski definition) is 2. The minimum absolute atomic E-state index is 0.127. The molecule has 0 spiro atoms. The molecular weight excluding hydrogens is 390 g/mol. The van der Waals surface area contributed by atoms with Crippen LogP contribution in [-0.2, 0) is 0 Å². The summed E-state index contributed by atoms with van der Waals surface area (Å²) in [5.74, 6) is 1.01. The van der Waals surface area contributed by atoms with Crippen LogP contribution in [-0.4, -0.2) is 42.7 Å². The molecule has 0 bridgehead atoms. The van der Waals surface area contributed by atoms with Crippen LogP contribution in [0, 0.1) is 17.2 Å². The summed E-state index contributed by atoms with van der Waals surface area (Å²) in [6.45, 7) is 5.47. The summed E-state index contributed by atoms with van der Waals surface area (Å²) in [4.78, 5) is 19.8. The second-order valence-corrected chi connectivity index (χ2v) is 9.07. The van der Waals surface area contributed by atoms with Gasteiger partial charge in [-0.1, -0.05) is 0 Å². The summed E-state index contributed by atoms with van der Waals surface area (Å²) in [5, 5.41) is 12.6. The van der Waals surface area contributed by atoms with Gasteiger partial charge in [0.2, 0.25) is 0 Å². The fraction of sp³-hybridized carbons (Fsp3) is 0.458. The number of amides is 1. The molecule has 2 aromatic rings. The van der Waals surface area contributed by atoms with Crippen LogP contribution in [0.25, 0.3) is 11.1 Å². The number of nitrogens with two attached hydrogens (primary N) is 1. The van der Waals surface area contributed by atoms with Crippen molar-refractivity contribution in [2.24, 2.45) is 11.7 Å². The summed E-state index contributed by atoms with van der Waals surface area (Å²) in [7, 11) is 1.57. The molecule has 2 aliphatic rings. The fourth-order valence-electron chi connectivity index (χ4n) is 4.28. The highest BCUT2D eigenvalue weighted by Gasteiger charge is 2.35. The van der Waals surface area contributed by atoms with E-state index in [9.17, 15) is 10.1 Å². The Bertz CT molecular complexity index is 1040. The monoisotopic (exact) mass is 419 g/mol. The molecule has 0 radical (unpaired) electrons. The van der Waals surface area contributed by atoms with E-state index in [0.717, 1.165) is 42.6 Å². The number of hydrogen-bond acceptors (Lipinski definition) is 6. The summed E-state index contributed by atoms with van der Waals surface area (Å²) >= 11 is 0. The molecule has 7 heteroatoms. The largest absolute Gasteiger partial charge is 0.497 e. The molecule has 7 nitrogen and oxygen atoms in total. The van der Waals surface area contributed by atoms with Crippen LogP contribution in [0.4, 0.5) is 5.69 Å². The molecule has 1 aromatic carbocycles. The van der Waals surface area contributed by atoms with E-state index >= 15 is 0 Å². The van der Waals surface area contributed by atoms with Crippen molar-refractivity contribution in [3.8, 4) is 22.9 Å². The molecule has 2 heterocycles. The normalized spacial score (nSPS) is 21.5. The molecule has 1 saturated heterocycles. The van der Waals surface area contributed by atoms with Crippen molar-refractivity contribution in [2.45, 2.75) is 44.7 Å². The van der Waals surface area contributed by atoms with Crippen molar-refractivity contribution in [3.05, 3.63) is 41.7 Å². The summed E-state index contributed by atoms with van der Waals surface area (Å²) in [6, 6.07) is 7.67. The predicted molar refractivity (Wildman–Crippen MR) is 120 cm³/mol. The number of anilines is 1. The van der Waals surface area contributed by atoms with E-state index in [1.54, 1.807) is 31.6 Å². The molecule has 31 heavy (non-hydrogen) atoms. The number of nitrogens with one attached hydrogen (secondary N) is 1. The van der Waals surface area contributed by atoms with Crippen molar-refractivity contribution in [1.82, 2.24) is 10.3 Å². The number of aromatic nitrogens is 1. The van der Waals surface area contributed by atoms with Gasteiger partial charge in [-0.05, 0) is 62.8 Å². The standard InChI is InChI=1S/C24H29N5O2/c1-15(17-4-5-17)28-23(30)21-13-27-12-20(22(21)29-7-6-24(2,26)14-29)18-8-16(11-25)9-19(10-18)31-3/h8-10,12-13,15,17H,4-7,14,26H2,1-3H3,(H,28,30)/t15?,24-/m0/s1. The molecule has 162 valence electrons. The number of nitriles is 1. The number of nitrogens with zero attached hydrogens (tertiary/aromatic N) is 3. The van der Waals surface area contributed by atoms with Crippen molar-refractivity contribution in [1.29, 1.82) is 5.26 Å². The Morgan fingerprint density at radius 2 is 2.16 bits per heavy atom. The van der Waals surface area contributed by atoms with Crippen LogP contribution in [0.5, 0.6) is 5.75 Å². The molecule has 1 saturated carbocycles. The Morgan fingerprint density at radius 3 is 2.77 bits per heavy atom. The zero-order valence-electron chi connectivity index (χ0n) is 18.3. The summed E-state index contributed by atoms with van der Waals surface area (Å²) in [6.07, 6.45) is 6.52. The number of carbonyl (C=O) groups is 1. The Balaban J connectivity index is 1.82. The molecule has 2 fully saturated rings. The fourth-order valence-corrected chi connectivity index (χ4v) is 4.28. The maximum Gasteiger partial charge on any atom is 0.255 e.